The van der Waals surface area contributed by atoms with Gasteiger partial charge in [-0.2, -0.15) is 0 Å². The average Bonchev–Trinajstić information content (AvgIpc) is 3.00. The highest BCUT2D eigenvalue weighted by Crippen LogP contribution is 2.46. The van der Waals surface area contributed by atoms with Crippen molar-refractivity contribution in [3.05, 3.63) is 16.4 Å². The summed E-state index contributed by atoms with van der Waals surface area (Å²) in [5, 5.41) is 19.5. The van der Waals surface area contributed by atoms with E-state index in [9.17, 15) is 4.79 Å². The number of carbonyl (C=O) groups is 1. The smallest absolute Gasteiger partial charge is 0.311 e. The second-order valence-corrected chi connectivity index (χ2v) is 4.56. The fraction of sp³-hybridized carbons (Fsp3) is 0.444. The van der Waals surface area contributed by atoms with E-state index in [1.165, 1.54) is 6.07 Å². The molecule has 2 N–H and O–H groups in total. The van der Waals surface area contributed by atoms with E-state index >= 15 is 0 Å². The van der Waals surface area contributed by atoms with Gasteiger partial charge in [-0.15, -0.1) is 10.2 Å². The molecule has 0 aromatic carbocycles. The highest BCUT2D eigenvalue weighted by Gasteiger charge is 2.50. The minimum atomic E-state index is -0.788. The molecule has 0 unspecified atom stereocenters. The van der Waals surface area contributed by atoms with Gasteiger partial charge in [0.15, 0.2) is 10.3 Å². The van der Waals surface area contributed by atoms with Crippen LogP contribution in [0.2, 0.25) is 10.3 Å². The maximum atomic E-state index is 10.9. The molecule has 0 radical (unpaired) electrons. The number of anilines is 1. The molecule has 0 saturated heterocycles. The van der Waals surface area contributed by atoms with Crippen LogP contribution >= 0.6 is 23.2 Å². The summed E-state index contributed by atoms with van der Waals surface area (Å²) < 4.78 is 0. The molecular weight excluding hydrogens is 253 g/mol. The summed E-state index contributed by atoms with van der Waals surface area (Å²) in [5.41, 5.74) is -0.145. The van der Waals surface area contributed by atoms with E-state index < -0.39 is 11.4 Å². The first kappa shape index (κ1) is 11.4. The molecule has 2 rings (SSSR count). The van der Waals surface area contributed by atoms with Gasteiger partial charge in [0.25, 0.3) is 0 Å². The number of carboxylic acid groups (broad SMARTS) is 1. The number of hydrogen-bond acceptors (Lipinski definition) is 4. The van der Waals surface area contributed by atoms with Crippen LogP contribution in [-0.2, 0) is 4.79 Å². The van der Waals surface area contributed by atoms with Gasteiger partial charge in [-0.1, -0.05) is 23.2 Å². The van der Waals surface area contributed by atoms with E-state index in [2.05, 4.69) is 15.5 Å². The average molecular weight is 262 g/mol. The number of aliphatic carboxylic acids is 1. The third-order valence-electron chi connectivity index (χ3n) is 2.64. The van der Waals surface area contributed by atoms with Crippen LogP contribution < -0.4 is 5.32 Å². The number of hydrogen-bond donors (Lipinski definition) is 2. The Morgan fingerprint density at radius 3 is 2.75 bits per heavy atom. The summed E-state index contributed by atoms with van der Waals surface area (Å²) in [6.07, 6.45) is 1.36. The molecule has 0 aliphatic heterocycles. The summed E-state index contributed by atoms with van der Waals surface area (Å²) >= 11 is 11.4. The van der Waals surface area contributed by atoms with Gasteiger partial charge < -0.3 is 10.4 Å². The van der Waals surface area contributed by atoms with Crippen molar-refractivity contribution in [2.75, 3.05) is 11.9 Å². The van der Waals surface area contributed by atoms with Gasteiger partial charge >= 0.3 is 5.97 Å². The monoisotopic (exact) mass is 261 g/mol. The SMILES string of the molecule is O=C(O)C1(CNc2cc(Cl)nnc2Cl)CC1. The first-order valence-electron chi connectivity index (χ1n) is 4.69. The molecule has 0 spiro atoms. The Bertz CT molecular complexity index is 435. The maximum absolute atomic E-state index is 10.9. The van der Waals surface area contributed by atoms with Crippen LogP contribution in [0, 0.1) is 5.41 Å². The zero-order valence-corrected chi connectivity index (χ0v) is 9.72. The third-order valence-corrected chi connectivity index (χ3v) is 3.11. The van der Waals surface area contributed by atoms with Crippen LogP contribution in [0.25, 0.3) is 0 Å². The van der Waals surface area contributed by atoms with E-state index in [0.717, 1.165) is 0 Å². The second kappa shape index (κ2) is 4.07. The van der Waals surface area contributed by atoms with Crippen molar-refractivity contribution in [3.8, 4) is 0 Å². The topological polar surface area (TPSA) is 75.1 Å². The van der Waals surface area contributed by atoms with Crippen molar-refractivity contribution in [3.63, 3.8) is 0 Å². The minimum absolute atomic E-state index is 0.186. The van der Waals surface area contributed by atoms with Gasteiger partial charge in [0.2, 0.25) is 0 Å². The molecule has 0 bridgehead atoms. The van der Waals surface area contributed by atoms with Gasteiger partial charge in [0, 0.05) is 12.6 Å². The van der Waals surface area contributed by atoms with Crippen molar-refractivity contribution in [1.82, 2.24) is 10.2 Å². The fourth-order valence-corrected chi connectivity index (χ4v) is 1.66. The van der Waals surface area contributed by atoms with Gasteiger partial charge in [0.1, 0.15) is 0 Å². The number of carboxylic acids is 1. The molecule has 16 heavy (non-hydrogen) atoms. The van der Waals surface area contributed by atoms with E-state index in [-0.39, 0.29) is 10.3 Å². The Morgan fingerprint density at radius 2 is 2.19 bits per heavy atom. The standard InChI is InChI=1S/C9H9Cl2N3O2/c10-6-3-5(7(11)14-13-6)12-4-9(1-2-9)8(15)16/h3H,1-2,4H2,(H,12,13)(H,15,16). The molecule has 1 aromatic heterocycles. The van der Waals surface area contributed by atoms with Crippen LogP contribution in [-0.4, -0.2) is 27.8 Å². The molecule has 5 nitrogen and oxygen atoms in total. The van der Waals surface area contributed by atoms with Crippen molar-refractivity contribution in [2.24, 2.45) is 5.41 Å². The third kappa shape index (κ3) is 2.20. The quantitative estimate of drug-likeness (QED) is 0.868. The number of aromatic nitrogens is 2. The molecule has 1 fully saturated rings. The zero-order valence-electron chi connectivity index (χ0n) is 8.20. The fourth-order valence-electron chi connectivity index (χ4n) is 1.36. The van der Waals surface area contributed by atoms with E-state index in [0.29, 0.717) is 25.1 Å². The lowest BCUT2D eigenvalue weighted by Gasteiger charge is -2.12. The summed E-state index contributed by atoms with van der Waals surface area (Å²) in [6, 6.07) is 1.52. The lowest BCUT2D eigenvalue weighted by atomic mass is 10.1. The Labute approximate surface area is 102 Å². The second-order valence-electron chi connectivity index (χ2n) is 3.81. The Morgan fingerprint density at radius 1 is 1.50 bits per heavy atom. The van der Waals surface area contributed by atoms with Crippen molar-refractivity contribution in [2.45, 2.75) is 12.8 Å². The molecule has 86 valence electrons. The van der Waals surface area contributed by atoms with Crippen molar-refractivity contribution in [1.29, 1.82) is 0 Å². The molecule has 1 aliphatic carbocycles. The number of rotatable bonds is 4. The summed E-state index contributed by atoms with van der Waals surface area (Å²) in [4.78, 5) is 10.9. The van der Waals surface area contributed by atoms with Crippen molar-refractivity contribution >= 4 is 34.9 Å². The molecule has 1 aromatic rings. The van der Waals surface area contributed by atoms with Gasteiger partial charge in [-0.05, 0) is 12.8 Å². The highest BCUT2D eigenvalue weighted by molar-refractivity contribution is 6.33. The molecule has 1 saturated carbocycles. The van der Waals surface area contributed by atoms with Gasteiger partial charge in [-0.3, -0.25) is 4.79 Å². The van der Waals surface area contributed by atoms with Gasteiger partial charge in [0.05, 0.1) is 11.1 Å². The van der Waals surface area contributed by atoms with Gasteiger partial charge in [-0.25, -0.2) is 0 Å². The highest BCUT2D eigenvalue weighted by atomic mass is 35.5. The number of halogens is 2. The first-order valence-corrected chi connectivity index (χ1v) is 5.45. The van der Waals surface area contributed by atoms with Crippen LogP contribution in [0.3, 0.4) is 0 Å². The Balaban J connectivity index is 2.05. The molecule has 0 amide bonds. The van der Waals surface area contributed by atoms with Crippen LogP contribution in [0.15, 0.2) is 6.07 Å². The largest absolute Gasteiger partial charge is 0.481 e. The van der Waals surface area contributed by atoms with Crippen molar-refractivity contribution < 1.29 is 9.90 Å². The zero-order chi connectivity index (χ0) is 11.8. The first-order chi connectivity index (χ1) is 7.53. The van der Waals surface area contributed by atoms with E-state index in [1.807, 2.05) is 0 Å². The molecule has 1 heterocycles. The predicted molar refractivity (Wildman–Crippen MR) is 59.8 cm³/mol. The van der Waals surface area contributed by atoms with E-state index in [1.54, 1.807) is 0 Å². The molecule has 0 atom stereocenters. The van der Waals surface area contributed by atoms with Crippen LogP contribution in [0.5, 0.6) is 0 Å². The summed E-state index contributed by atoms with van der Waals surface area (Å²) in [5.74, 6) is -0.788. The normalized spacial score (nSPS) is 16.9. The lowest BCUT2D eigenvalue weighted by molar-refractivity contribution is -0.142. The van der Waals surface area contributed by atoms with E-state index in [4.69, 9.17) is 28.3 Å². The van der Waals surface area contributed by atoms with Crippen LogP contribution in [0.1, 0.15) is 12.8 Å². The number of nitrogens with zero attached hydrogens (tertiary/aromatic N) is 2. The van der Waals surface area contributed by atoms with Crippen LogP contribution in [0.4, 0.5) is 5.69 Å². The maximum Gasteiger partial charge on any atom is 0.311 e. The number of nitrogens with one attached hydrogen (secondary N) is 1. The Kier molecular flexibility index (Phi) is 2.90. The summed E-state index contributed by atoms with van der Waals surface area (Å²) in [6.45, 7) is 0.323. The molecule has 1 aliphatic rings. The Hall–Kier alpha value is -1.07. The lowest BCUT2D eigenvalue weighted by Crippen LogP contribution is -2.24. The predicted octanol–water partition coefficient (Wildman–Crippen LogP) is 2.06. The molecular formula is C9H9Cl2N3O2. The minimum Gasteiger partial charge on any atom is -0.481 e. The molecule has 7 heteroatoms. The summed E-state index contributed by atoms with van der Waals surface area (Å²) in [7, 11) is 0.